The molecule has 0 heterocycles. The van der Waals surface area contributed by atoms with Gasteiger partial charge in [-0.05, 0) is 61.7 Å². The number of hydrogen-bond acceptors (Lipinski definition) is 1. The number of amides is 2. The fraction of sp³-hybridized carbons (Fsp3) is 0.188. The van der Waals surface area contributed by atoms with E-state index in [1.54, 1.807) is 0 Å². The molecule has 2 N–H and O–H groups in total. The summed E-state index contributed by atoms with van der Waals surface area (Å²) >= 11 is 3.44. The van der Waals surface area contributed by atoms with Gasteiger partial charge in [-0.15, -0.1) is 0 Å². The molecule has 0 saturated carbocycles. The highest BCUT2D eigenvalue weighted by Crippen LogP contribution is 2.21. The number of rotatable bonds is 2. The van der Waals surface area contributed by atoms with Crippen molar-refractivity contribution in [3.8, 4) is 0 Å². The fourth-order valence-electron chi connectivity index (χ4n) is 1.88. The summed E-state index contributed by atoms with van der Waals surface area (Å²) in [7, 11) is 0. The Hall–Kier alpha value is -1.81. The molecule has 0 aliphatic heterocycles. The van der Waals surface area contributed by atoms with Crippen LogP contribution in [0, 0.1) is 20.8 Å². The minimum Gasteiger partial charge on any atom is -0.308 e. The molecule has 2 aromatic rings. The van der Waals surface area contributed by atoms with Crippen molar-refractivity contribution < 1.29 is 4.79 Å². The highest BCUT2D eigenvalue weighted by molar-refractivity contribution is 9.10. The van der Waals surface area contributed by atoms with Gasteiger partial charge in [-0.25, -0.2) is 4.79 Å². The van der Waals surface area contributed by atoms with Crippen molar-refractivity contribution in [3.63, 3.8) is 0 Å². The van der Waals surface area contributed by atoms with Crippen LogP contribution < -0.4 is 10.6 Å². The van der Waals surface area contributed by atoms with E-state index in [0.717, 1.165) is 32.5 Å². The van der Waals surface area contributed by atoms with Crippen LogP contribution in [0.5, 0.6) is 0 Å². The van der Waals surface area contributed by atoms with Crippen LogP contribution in [0.4, 0.5) is 16.2 Å². The van der Waals surface area contributed by atoms with Gasteiger partial charge in [0.15, 0.2) is 0 Å². The van der Waals surface area contributed by atoms with E-state index in [9.17, 15) is 4.79 Å². The van der Waals surface area contributed by atoms with Gasteiger partial charge in [-0.3, -0.25) is 0 Å². The Labute approximate surface area is 127 Å². The molecule has 0 atom stereocenters. The van der Waals surface area contributed by atoms with Crippen LogP contribution >= 0.6 is 15.9 Å². The molecule has 2 rings (SSSR count). The second-order valence-corrected chi connectivity index (χ2v) is 5.72. The van der Waals surface area contributed by atoms with Crippen molar-refractivity contribution in [2.75, 3.05) is 10.6 Å². The monoisotopic (exact) mass is 332 g/mol. The van der Waals surface area contributed by atoms with Crippen molar-refractivity contribution in [2.45, 2.75) is 20.8 Å². The second kappa shape index (κ2) is 6.09. The van der Waals surface area contributed by atoms with Gasteiger partial charge in [-0.1, -0.05) is 28.1 Å². The van der Waals surface area contributed by atoms with Crippen molar-refractivity contribution >= 4 is 33.3 Å². The molecule has 0 aliphatic rings. The zero-order chi connectivity index (χ0) is 14.7. The van der Waals surface area contributed by atoms with Crippen molar-refractivity contribution in [2.24, 2.45) is 0 Å². The van der Waals surface area contributed by atoms with Crippen molar-refractivity contribution in [3.05, 3.63) is 57.6 Å². The third-order valence-corrected chi connectivity index (χ3v) is 3.95. The predicted octanol–water partition coefficient (Wildman–Crippen LogP) is 5.02. The summed E-state index contributed by atoms with van der Waals surface area (Å²) < 4.78 is 1.03. The quantitative estimate of drug-likeness (QED) is 0.796. The Balaban J connectivity index is 2.09. The Morgan fingerprint density at radius 3 is 2.40 bits per heavy atom. The second-order valence-electron chi connectivity index (χ2n) is 4.86. The molecule has 0 spiro atoms. The summed E-state index contributed by atoms with van der Waals surface area (Å²) in [5.41, 5.74) is 4.84. The van der Waals surface area contributed by atoms with Crippen LogP contribution in [0.15, 0.2) is 40.9 Å². The van der Waals surface area contributed by atoms with E-state index in [0.29, 0.717) is 0 Å². The lowest BCUT2D eigenvalue weighted by Crippen LogP contribution is -2.20. The van der Waals surface area contributed by atoms with Crippen LogP contribution in [-0.4, -0.2) is 6.03 Å². The predicted molar refractivity (Wildman–Crippen MR) is 87.4 cm³/mol. The van der Waals surface area contributed by atoms with E-state index in [4.69, 9.17) is 0 Å². The third-order valence-electron chi connectivity index (χ3n) is 3.06. The van der Waals surface area contributed by atoms with Crippen LogP contribution in [0.2, 0.25) is 0 Å². The first-order valence-corrected chi connectivity index (χ1v) is 7.16. The van der Waals surface area contributed by atoms with E-state index < -0.39 is 0 Å². The molecule has 0 saturated heterocycles. The molecule has 0 fully saturated rings. The Kier molecular flexibility index (Phi) is 4.45. The molecule has 0 aliphatic carbocycles. The van der Waals surface area contributed by atoms with Gasteiger partial charge in [0.25, 0.3) is 0 Å². The molecule has 2 aromatic carbocycles. The summed E-state index contributed by atoms with van der Waals surface area (Å²) in [5, 5.41) is 5.71. The number of aryl methyl sites for hydroxylation is 3. The number of hydrogen-bond donors (Lipinski definition) is 2. The molecule has 0 unspecified atom stereocenters. The third kappa shape index (κ3) is 3.61. The normalized spacial score (nSPS) is 10.2. The number of carbonyl (C=O) groups is 1. The highest BCUT2D eigenvalue weighted by Gasteiger charge is 2.06. The van der Waals surface area contributed by atoms with E-state index >= 15 is 0 Å². The van der Waals surface area contributed by atoms with Gasteiger partial charge in [-0.2, -0.15) is 0 Å². The van der Waals surface area contributed by atoms with Gasteiger partial charge in [0.1, 0.15) is 0 Å². The SMILES string of the molecule is Cc1ccc(C)c(NC(=O)Nc2ccc(Br)c(C)c2)c1. The summed E-state index contributed by atoms with van der Waals surface area (Å²) in [4.78, 5) is 12.0. The number of halogens is 1. The molecular formula is C16H17BrN2O. The maximum Gasteiger partial charge on any atom is 0.323 e. The minimum atomic E-state index is -0.236. The molecule has 0 radical (unpaired) electrons. The number of urea groups is 1. The molecule has 20 heavy (non-hydrogen) atoms. The standard InChI is InChI=1S/C16H17BrN2O/c1-10-4-5-11(2)15(8-10)19-16(20)18-13-6-7-14(17)12(3)9-13/h4-9H,1-3H3,(H2,18,19,20). The molecule has 3 nitrogen and oxygen atoms in total. The van der Waals surface area contributed by atoms with E-state index in [-0.39, 0.29) is 6.03 Å². The molecule has 2 amide bonds. The van der Waals surface area contributed by atoms with Gasteiger partial charge in [0.05, 0.1) is 0 Å². The zero-order valence-corrected chi connectivity index (χ0v) is 13.3. The van der Waals surface area contributed by atoms with Gasteiger partial charge < -0.3 is 10.6 Å². The topological polar surface area (TPSA) is 41.1 Å². The van der Waals surface area contributed by atoms with Crippen molar-refractivity contribution in [1.29, 1.82) is 0 Å². The lowest BCUT2D eigenvalue weighted by atomic mass is 10.1. The van der Waals surface area contributed by atoms with E-state index in [2.05, 4.69) is 26.6 Å². The number of carbonyl (C=O) groups excluding carboxylic acids is 1. The highest BCUT2D eigenvalue weighted by atomic mass is 79.9. The van der Waals surface area contributed by atoms with E-state index in [1.165, 1.54) is 0 Å². The average molecular weight is 333 g/mol. The van der Waals surface area contributed by atoms with Crippen LogP contribution in [0.3, 0.4) is 0 Å². The Bertz CT molecular complexity index is 653. The first-order chi connectivity index (χ1) is 9.45. The molecule has 104 valence electrons. The molecule has 0 aromatic heterocycles. The maximum absolute atomic E-state index is 12.0. The number of anilines is 2. The van der Waals surface area contributed by atoms with Gasteiger partial charge in [0.2, 0.25) is 0 Å². The summed E-state index contributed by atoms with van der Waals surface area (Å²) in [5.74, 6) is 0. The smallest absolute Gasteiger partial charge is 0.308 e. The van der Waals surface area contributed by atoms with Crippen LogP contribution in [0.1, 0.15) is 16.7 Å². The molecule has 4 heteroatoms. The Morgan fingerprint density at radius 1 is 0.950 bits per heavy atom. The summed E-state index contributed by atoms with van der Waals surface area (Å²) in [6, 6.07) is 11.4. The van der Waals surface area contributed by atoms with Gasteiger partial charge >= 0.3 is 6.03 Å². The van der Waals surface area contributed by atoms with E-state index in [1.807, 2.05) is 57.2 Å². The first-order valence-electron chi connectivity index (χ1n) is 6.37. The maximum atomic E-state index is 12.0. The minimum absolute atomic E-state index is 0.236. The fourth-order valence-corrected chi connectivity index (χ4v) is 2.12. The number of benzene rings is 2. The van der Waals surface area contributed by atoms with Crippen LogP contribution in [0.25, 0.3) is 0 Å². The van der Waals surface area contributed by atoms with Crippen molar-refractivity contribution in [1.82, 2.24) is 0 Å². The lowest BCUT2D eigenvalue weighted by Gasteiger charge is -2.11. The first kappa shape index (κ1) is 14.6. The molecular weight excluding hydrogens is 316 g/mol. The molecule has 0 bridgehead atoms. The average Bonchev–Trinajstić information content (AvgIpc) is 2.38. The Morgan fingerprint density at radius 2 is 1.70 bits per heavy atom. The number of nitrogens with one attached hydrogen (secondary N) is 2. The largest absolute Gasteiger partial charge is 0.323 e. The van der Waals surface area contributed by atoms with Crippen LogP contribution in [-0.2, 0) is 0 Å². The van der Waals surface area contributed by atoms with Gasteiger partial charge in [0, 0.05) is 15.8 Å². The summed E-state index contributed by atoms with van der Waals surface area (Å²) in [6.07, 6.45) is 0. The summed E-state index contributed by atoms with van der Waals surface area (Å²) in [6.45, 7) is 5.96. The zero-order valence-electron chi connectivity index (χ0n) is 11.8. The lowest BCUT2D eigenvalue weighted by molar-refractivity contribution is 0.262.